The van der Waals surface area contributed by atoms with Crippen molar-refractivity contribution in [3.05, 3.63) is 29.8 Å². The Bertz CT molecular complexity index is 412. The number of ether oxygens (including phenoxy) is 1. The molecule has 1 aromatic carbocycles. The Balaban J connectivity index is 1.99. The molecule has 0 spiro atoms. The highest BCUT2D eigenvalue weighted by atomic mass is 16.5. The summed E-state index contributed by atoms with van der Waals surface area (Å²) in [6, 6.07) is 8.05. The van der Waals surface area contributed by atoms with E-state index in [1.165, 1.54) is 0 Å². The first-order valence-electron chi connectivity index (χ1n) is 6.38. The van der Waals surface area contributed by atoms with E-state index in [0.717, 1.165) is 19.4 Å². The third-order valence-electron chi connectivity index (χ3n) is 3.35. The molecule has 4 nitrogen and oxygen atoms in total. The molecule has 1 heterocycles. The van der Waals surface area contributed by atoms with E-state index in [9.17, 15) is 4.79 Å². The Morgan fingerprint density at radius 3 is 2.83 bits per heavy atom. The van der Waals surface area contributed by atoms with Gasteiger partial charge >= 0.3 is 0 Å². The van der Waals surface area contributed by atoms with E-state index in [0.29, 0.717) is 17.4 Å². The first-order valence-corrected chi connectivity index (χ1v) is 6.38. The Labute approximate surface area is 108 Å². The van der Waals surface area contributed by atoms with Crippen LogP contribution in [0.4, 0.5) is 0 Å². The monoisotopic (exact) mass is 248 g/mol. The molecule has 2 N–H and O–H groups in total. The van der Waals surface area contributed by atoms with E-state index >= 15 is 0 Å². The van der Waals surface area contributed by atoms with Gasteiger partial charge in [-0.1, -0.05) is 12.1 Å². The number of benzene rings is 1. The number of carbonyl (C=O) groups excluding carboxylic acids is 1. The van der Waals surface area contributed by atoms with Crippen LogP contribution in [0, 0.1) is 0 Å². The van der Waals surface area contributed by atoms with Crippen molar-refractivity contribution >= 4 is 5.91 Å². The van der Waals surface area contributed by atoms with Crippen LogP contribution >= 0.6 is 0 Å². The van der Waals surface area contributed by atoms with Crippen molar-refractivity contribution in [2.45, 2.75) is 31.8 Å². The molecular formula is C14H20N2O2. The molecule has 1 aliphatic rings. The second-order valence-electron chi connectivity index (χ2n) is 4.76. The molecule has 1 saturated heterocycles. The van der Waals surface area contributed by atoms with E-state index in [4.69, 9.17) is 4.74 Å². The van der Waals surface area contributed by atoms with Gasteiger partial charge in [0.05, 0.1) is 12.7 Å². The summed E-state index contributed by atoms with van der Waals surface area (Å²) in [5.74, 6) is 0.556. The molecule has 1 fully saturated rings. The van der Waals surface area contributed by atoms with Gasteiger partial charge in [0.25, 0.3) is 5.91 Å². The number of hydrogen-bond acceptors (Lipinski definition) is 3. The summed E-state index contributed by atoms with van der Waals surface area (Å²) in [7, 11) is 1.58. The fraction of sp³-hybridized carbons (Fsp3) is 0.500. The molecule has 98 valence electrons. The molecule has 2 atom stereocenters. The highest BCUT2D eigenvalue weighted by molar-refractivity contribution is 5.97. The fourth-order valence-corrected chi connectivity index (χ4v) is 2.22. The van der Waals surface area contributed by atoms with Gasteiger partial charge < -0.3 is 15.4 Å². The first kappa shape index (κ1) is 12.9. The van der Waals surface area contributed by atoms with E-state index < -0.39 is 0 Å². The molecule has 0 bridgehead atoms. The molecular weight excluding hydrogens is 228 g/mol. The average molecular weight is 248 g/mol. The average Bonchev–Trinajstić information content (AvgIpc) is 2.41. The number of para-hydroxylation sites is 1. The summed E-state index contributed by atoms with van der Waals surface area (Å²) in [5.41, 5.74) is 0.596. The SMILES string of the molecule is COc1ccccc1C(=O)NC1CCC(C)NC1. The number of hydrogen-bond donors (Lipinski definition) is 2. The topological polar surface area (TPSA) is 50.4 Å². The van der Waals surface area contributed by atoms with E-state index in [1.807, 2.05) is 12.1 Å². The van der Waals surface area contributed by atoms with Crippen LogP contribution in [-0.2, 0) is 0 Å². The normalized spacial score (nSPS) is 23.4. The van der Waals surface area contributed by atoms with Gasteiger partial charge in [-0.2, -0.15) is 0 Å². The van der Waals surface area contributed by atoms with Gasteiger partial charge in [-0.25, -0.2) is 0 Å². The maximum atomic E-state index is 12.2. The van der Waals surface area contributed by atoms with E-state index in [2.05, 4.69) is 17.6 Å². The molecule has 2 rings (SSSR count). The van der Waals surface area contributed by atoms with Gasteiger partial charge in [0.15, 0.2) is 0 Å². The lowest BCUT2D eigenvalue weighted by Crippen LogP contribution is -2.48. The third kappa shape index (κ3) is 3.01. The van der Waals surface area contributed by atoms with E-state index in [1.54, 1.807) is 19.2 Å². The zero-order chi connectivity index (χ0) is 13.0. The molecule has 4 heteroatoms. The second kappa shape index (κ2) is 5.87. The molecule has 1 aliphatic heterocycles. The molecule has 2 unspecified atom stereocenters. The second-order valence-corrected chi connectivity index (χ2v) is 4.76. The Morgan fingerprint density at radius 2 is 2.17 bits per heavy atom. The summed E-state index contributed by atoms with van der Waals surface area (Å²) in [5, 5.41) is 6.42. The van der Waals surface area contributed by atoms with E-state index in [-0.39, 0.29) is 11.9 Å². The minimum absolute atomic E-state index is 0.0613. The highest BCUT2D eigenvalue weighted by Crippen LogP contribution is 2.17. The molecule has 0 saturated carbocycles. The minimum atomic E-state index is -0.0613. The lowest BCUT2D eigenvalue weighted by Gasteiger charge is -2.28. The molecule has 0 aromatic heterocycles. The largest absolute Gasteiger partial charge is 0.496 e. The van der Waals surface area contributed by atoms with Gasteiger partial charge in [0.1, 0.15) is 5.75 Å². The van der Waals surface area contributed by atoms with Crippen molar-refractivity contribution in [3.8, 4) is 5.75 Å². The number of carbonyl (C=O) groups is 1. The van der Waals surface area contributed by atoms with Gasteiger partial charge in [0, 0.05) is 18.6 Å². The fourth-order valence-electron chi connectivity index (χ4n) is 2.22. The van der Waals surface area contributed by atoms with Crippen LogP contribution < -0.4 is 15.4 Å². The summed E-state index contributed by atoms with van der Waals surface area (Å²) in [6.45, 7) is 3.00. The maximum Gasteiger partial charge on any atom is 0.255 e. The number of methoxy groups -OCH3 is 1. The zero-order valence-electron chi connectivity index (χ0n) is 10.9. The Hall–Kier alpha value is -1.55. The quantitative estimate of drug-likeness (QED) is 0.853. The highest BCUT2D eigenvalue weighted by Gasteiger charge is 2.20. The van der Waals surface area contributed by atoms with Crippen LogP contribution in [0.25, 0.3) is 0 Å². The summed E-state index contributed by atoms with van der Waals surface area (Å²) >= 11 is 0. The molecule has 1 amide bonds. The standard InChI is InChI=1S/C14H20N2O2/c1-10-7-8-11(9-15-10)16-14(17)12-5-3-4-6-13(12)18-2/h3-6,10-11,15H,7-9H2,1-2H3,(H,16,17). The summed E-state index contributed by atoms with van der Waals surface area (Å²) in [6.07, 6.45) is 2.12. The molecule has 1 aromatic rings. The predicted octanol–water partition coefficient (Wildman–Crippen LogP) is 1.57. The minimum Gasteiger partial charge on any atom is -0.496 e. The van der Waals surface area contributed by atoms with Gasteiger partial charge in [0.2, 0.25) is 0 Å². The lowest BCUT2D eigenvalue weighted by molar-refractivity contribution is 0.0924. The molecule has 18 heavy (non-hydrogen) atoms. The lowest BCUT2D eigenvalue weighted by atomic mass is 10.0. The van der Waals surface area contributed by atoms with Crippen molar-refractivity contribution in [1.82, 2.24) is 10.6 Å². The Morgan fingerprint density at radius 1 is 1.39 bits per heavy atom. The predicted molar refractivity (Wildman–Crippen MR) is 70.9 cm³/mol. The van der Waals surface area contributed by atoms with Crippen molar-refractivity contribution in [2.24, 2.45) is 0 Å². The smallest absolute Gasteiger partial charge is 0.255 e. The Kier molecular flexibility index (Phi) is 4.20. The van der Waals surface area contributed by atoms with Crippen molar-refractivity contribution in [3.63, 3.8) is 0 Å². The van der Waals surface area contributed by atoms with Crippen LogP contribution in [0.15, 0.2) is 24.3 Å². The van der Waals surface area contributed by atoms with Crippen molar-refractivity contribution in [2.75, 3.05) is 13.7 Å². The van der Waals surface area contributed by atoms with Crippen LogP contribution in [0.3, 0.4) is 0 Å². The number of rotatable bonds is 3. The zero-order valence-corrected chi connectivity index (χ0v) is 10.9. The first-order chi connectivity index (χ1) is 8.70. The summed E-state index contributed by atoms with van der Waals surface area (Å²) < 4.78 is 5.20. The van der Waals surface area contributed by atoms with Crippen molar-refractivity contribution < 1.29 is 9.53 Å². The van der Waals surface area contributed by atoms with Crippen LogP contribution in [0.1, 0.15) is 30.1 Å². The summed E-state index contributed by atoms with van der Waals surface area (Å²) in [4.78, 5) is 12.2. The van der Waals surface area contributed by atoms with Crippen LogP contribution in [0.2, 0.25) is 0 Å². The van der Waals surface area contributed by atoms with Gasteiger partial charge in [-0.3, -0.25) is 4.79 Å². The third-order valence-corrected chi connectivity index (χ3v) is 3.35. The van der Waals surface area contributed by atoms with Crippen molar-refractivity contribution in [1.29, 1.82) is 0 Å². The molecule has 0 aliphatic carbocycles. The maximum absolute atomic E-state index is 12.2. The number of piperidine rings is 1. The van der Waals surface area contributed by atoms with Crippen LogP contribution in [-0.4, -0.2) is 31.6 Å². The van der Waals surface area contributed by atoms with Crippen LogP contribution in [0.5, 0.6) is 5.75 Å². The number of nitrogens with one attached hydrogen (secondary N) is 2. The van der Waals surface area contributed by atoms with Gasteiger partial charge in [-0.05, 0) is 31.9 Å². The van der Waals surface area contributed by atoms with Gasteiger partial charge in [-0.15, -0.1) is 0 Å². The number of amides is 1. The molecule has 0 radical (unpaired) electrons.